The number of pyridine rings is 1. The van der Waals surface area contributed by atoms with Crippen molar-refractivity contribution >= 4 is 0 Å². The van der Waals surface area contributed by atoms with E-state index in [9.17, 15) is 4.39 Å². The Balaban J connectivity index is 1.64. The van der Waals surface area contributed by atoms with Crippen LogP contribution in [0.15, 0.2) is 18.3 Å². The minimum atomic E-state index is -0.413. The molecular formula is C13H17FN2O2. The lowest BCUT2D eigenvalue weighted by Crippen LogP contribution is -2.41. The molecule has 2 saturated heterocycles. The first kappa shape index (κ1) is 11.9. The van der Waals surface area contributed by atoms with Gasteiger partial charge in [-0.3, -0.25) is 0 Å². The Morgan fingerprint density at radius 3 is 3.06 bits per heavy atom. The van der Waals surface area contributed by atoms with Crippen molar-refractivity contribution in [2.24, 2.45) is 0 Å². The van der Waals surface area contributed by atoms with E-state index >= 15 is 0 Å². The van der Waals surface area contributed by atoms with Gasteiger partial charge in [-0.05, 0) is 38.1 Å². The van der Waals surface area contributed by atoms with E-state index in [0.717, 1.165) is 32.4 Å². The van der Waals surface area contributed by atoms with Gasteiger partial charge >= 0.3 is 0 Å². The molecule has 1 N–H and O–H groups in total. The summed E-state index contributed by atoms with van der Waals surface area (Å²) in [5.41, 5.74) is -0.0683. The third kappa shape index (κ3) is 2.33. The summed E-state index contributed by atoms with van der Waals surface area (Å²) in [5, 5.41) is 3.32. The highest BCUT2D eigenvalue weighted by atomic mass is 19.1. The van der Waals surface area contributed by atoms with E-state index < -0.39 is 5.82 Å². The van der Waals surface area contributed by atoms with Gasteiger partial charge in [-0.2, -0.15) is 0 Å². The monoisotopic (exact) mass is 252 g/mol. The Bertz CT molecular complexity index is 421. The van der Waals surface area contributed by atoms with Gasteiger partial charge in [0.2, 0.25) is 0 Å². The predicted molar refractivity (Wildman–Crippen MR) is 64.0 cm³/mol. The van der Waals surface area contributed by atoms with Crippen LogP contribution in [-0.2, 0) is 4.74 Å². The Hall–Kier alpha value is -1.20. The van der Waals surface area contributed by atoms with Crippen molar-refractivity contribution in [3.8, 4) is 5.88 Å². The van der Waals surface area contributed by atoms with Crippen LogP contribution in [0.25, 0.3) is 0 Å². The van der Waals surface area contributed by atoms with Crippen LogP contribution in [0, 0.1) is 5.82 Å². The number of rotatable bonds is 2. The van der Waals surface area contributed by atoms with Crippen molar-refractivity contribution in [2.75, 3.05) is 19.7 Å². The quantitative estimate of drug-likeness (QED) is 0.866. The maximum Gasteiger partial charge on any atom is 0.250 e. The molecule has 2 aliphatic rings. The number of nitrogens with zero attached hydrogens (tertiary/aromatic N) is 1. The molecule has 0 aromatic carbocycles. The van der Waals surface area contributed by atoms with Crippen molar-refractivity contribution in [3.63, 3.8) is 0 Å². The average Bonchev–Trinajstić information content (AvgIpc) is 2.76. The van der Waals surface area contributed by atoms with Gasteiger partial charge < -0.3 is 14.8 Å². The summed E-state index contributed by atoms with van der Waals surface area (Å²) in [5.74, 6) is -0.333. The lowest BCUT2D eigenvalue weighted by molar-refractivity contribution is -0.0206. The zero-order valence-electron chi connectivity index (χ0n) is 10.2. The van der Waals surface area contributed by atoms with E-state index in [4.69, 9.17) is 9.47 Å². The summed E-state index contributed by atoms with van der Waals surface area (Å²) in [4.78, 5) is 3.91. The summed E-state index contributed by atoms with van der Waals surface area (Å²) >= 11 is 0. The van der Waals surface area contributed by atoms with Crippen LogP contribution in [0.1, 0.15) is 19.3 Å². The zero-order chi connectivity index (χ0) is 12.4. The highest BCUT2D eigenvalue weighted by molar-refractivity contribution is 5.13. The minimum Gasteiger partial charge on any atom is -0.470 e. The second kappa shape index (κ2) is 4.82. The highest BCUT2D eigenvalue weighted by Crippen LogP contribution is 2.35. The van der Waals surface area contributed by atoms with E-state index in [2.05, 4.69) is 10.3 Å². The molecule has 98 valence electrons. The standard InChI is InChI=1S/C13H17FN2O2/c14-11-2-1-5-16-12(11)18-10-8-13(17-9-10)3-6-15-7-4-13/h1-2,5,10,15H,3-4,6-9H2/t10-/m1/s1. The Kier molecular flexibility index (Phi) is 3.18. The van der Waals surface area contributed by atoms with Crippen LogP contribution in [0.5, 0.6) is 5.88 Å². The van der Waals surface area contributed by atoms with Crippen LogP contribution in [0.4, 0.5) is 4.39 Å². The summed E-state index contributed by atoms with van der Waals surface area (Å²) < 4.78 is 24.9. The molecule has 0 aliphatic carbocycles. The van der Waals surface area contributed by atoms with Gasteiger partial charge in [-0.25, -0.2) is 9.37 Å². The van der Waals surface area contributed by atoms with Crippen molar-refractivity contribution in [1.29, 1.82) is 0 Å². The number of hydrogen-bond donors (Lipinski definition) is 1. The minimum absolute atomic E-state index is 0.0683. The van der Waals surface area contributed by atoms with Crippen molar-refractivity contribution < 1.29 is 13.9 Å². The summed E-state index contributed by atoms with van der Waals surface area (Å²) in [7, 11) is 0. The van der Waals surface area contributed by atoms with Gasteiger partial charge in [0.1, 0.15) is 6.10 Å². The Morgan fingerprint density at radius 1 is 1.44 bits per heavy atom. The van der Waals surface area contributed by atoms with Gasteiger partial charge in [0.15, 0.2) is 5.82 Å². The number of aromatic nitrogens is 1. The maximum absolute atomic E-state index is 13.4. The molecule has 3 rings (SSSR count). The average molecular weight is 252 g/mol. The van der Waals surface area contributed by atoms with Crippen molar-refractivity contribution in [2.45, 2.75) is 31.0 Å². The predicted octanol–water partition coefficient (Wildman–Crippen LogP) is 1.51. The first-order valence-electron chi connectivity index (χ1n) is 6.39. The van der Waals surface area contributed by atoms with E-state index in [1.165, 1.54) is 12.3 Å². The molecule has 0 amide bonds. The second-order valence-electron chi connectivity index (χ2n) is 4.98. The lowest BCUT2D eigenvalue weighted by Gasteiger charge is -2.32. The first-order valence-corrected chi connectivity index (χ1v) is 6.39. The highest BCUT2D eigenvalue weighted by Gasteiger charge is 2.42. The number of nitrogens with one attached hydrogen (secondary N) is 1. The van der Waals surface area contributed by atoms with Crippen LogP contribution >= 0.6 is 0 Å². The molecule has 0 unspecified atom stereocenters. The molecule has 1 atom stereocenters. The van der Waals surface area contributed by atoms with E-state index in [0.29, 0.717) is 6.61 Å². The third-order valence-electron chi connectivity index (χ3n) is 3.69. The fourth-order valence-electron chi connectivity index (χ4n) is 2.72. The second-order valence-corrected chi connectivity index (χ2v) is 4.98. The molecule has 0 radical (unpaired) electrons. The van der Waals surface area contributed by atoms with Gasteiger partial charge in [0.25, 0.3) is 5.88 Å². The fourth-order valence-corrected chi connectivity index (χ4v) is 2.72. The van der Waals surface area contributed by atoms with Crippen molar-refractivity contribution in [1.82, 2.24) is 10.3 Å². The van der Waals surface area contributed by atoms with Gasteiger partial charge in [0.05, 0.1) is 12.2 Å². The third-order valence-corrected chi connectivity index (χ3v) is 3.69. The maximum atomic E-state index is 13.4. The molecule has 2 fully saturated rings. The normalized spacial score (nSPS) is 26.4. The smallest absolute Gasteiger partial charge is 0.250 e. The van der Waals surface area contributed by atoms with Gasteiger partial charge in [0, 0.05) is 12.6 Å². The van der Waals surface area contributed by atoms with Gasteiger partial charge in [-0.1, -0.05) is 0 Å². The molecule has 1 spiro atoms. The van der Waals surface area contributed by atoms with E-state index in [1.54, 1.807) is 6.07 Å². The lowest BCUT2D eigenvalue weighted by atomic mass is 9.89. The summed E-state index contributed by atoms with van der Waals surface area (Å²) in [6.45, 7) is 2.48. The van der Waals surface area contributed by atoms with Crippen LogP contribution < -0.4 is 10.1 Å². The first-order chi connectivity index (χ1) is 8.77. The molecule has 0 bridgehead atoms. The molecule has 5 heteroatoms. The topological polar surface area (TPSA) is 43.4 Å². The molecule has 0 saturated carbocycles. The van der Waals surface area contributed by atoms with E-state index in [1.807, 2.05) is 0 Å². The summed E-state index contributed by atoms with van der Waals surface area (Å²) in [6.07, 6.45) is 4.27. The SMILES string of the molecule is Fc1cccnc1O[C@H]1COC2(CCNCC2)C1. The number of hydrogen-bond acceptors (Lipinski definition) is 4. The number of halogens is 1. The van der Waals surface area contributed by atoms with Crippen molar-refractivity contribution in [3.05, 3.63) is 24.1 Å². The molecule has 1 aromatic rings. The molecule has 4 nitrogen and oxygen atoms in total. The Labute approximate surface area is 106 Å². The fraction of sp³-hybridized carbons (Fsp3) is 0.615. The number of piperidine rings is 1. The summed E-state index contributed by atoms with van der Waals surface area (Å²) in [6, 6.07) is 2.92. The largest absolute Gasteiger partial charge is 0.470 e. The van der Waals surface area contributed by atoms with Crippen LogP contribution in [0.2, 0.25) is 0 Å². The van der Waals surface area contributed by atoms with Crippen LogP contribution in [-0.4, -0.2) is 36.4 Å². The molecule has 18 heavy (non-hydrogen) atoms. The van der Waals surface area contributed by atoms with E-state index in [-0.39, 0.29) is 17.6 Å². The van der Waals surface area contributed by atoms with Crippen LogP contribution in [0.3, 0.4) is 0 Å². The van der Waals surface area contributed by atoms with Gasteiger partial charge in [-0.15, -0.1) is 0 Å². The number of ether oxygens (including phenoxy) is 2. The molecule has 2 aliphatic heterocycles. The molecule has 1 aromatic heterocycles. The molecule has 3 heterocycles. The molecular weight excluding hydrogens is 235 g/mol. The Morgan fingerprint density at radius 2 is 2.28 bits per heavy atom. The zero-order valence-corrected chi connectivity index (χ0v) is 10.2.